The molecule has 2 aromatic carbocycles. The predicted molar refractivity (Wildman–Crippen MR) is 106 cm³/mol. The van der Waals surface area contributed by atoms with Crippen molar-refractivity contribution < 1.29 is 4.79 Å². The molecule has 1 aromatic heterocycles. The van der Waals surface area contributed by atoms with E-state index >= 15 is 0 Å². The van der Waals surface area contributed by atoms with E-state index in [4.69, 9.17) is 0 Å². The first kappa shape index (κ1) is 17.0. The molecule has 2 heterocycles. The lowest BCUT2D eigenvalue weighted by atomic mass is 10.1. The second-order valence-corrected chi connectivity index (χ2v) is 7.89. The molecule has 1 aliphatic rings. The zero-order valence-electron chi connectivity index (χ0n) is 14.8. The zero-order valence-corrected chi connectivity index (χ0v) is 15.6. The summed E-state index contributed by atoms with van der Waals surface area (Å²) in [4.78, 5) is 14.6. The Morgan fingerprint density at radius 1 is 0.962 bits per heavy atom. The number of fused-ring (bicyclic) bond motifs is 1. The van der Waals surface area contributed by atoms with Crippen LogP contribution in [-0.4, -0.2) is 39.3 Å². The highest BCUT2D eigenvalue weighted by molar-refractivity contribution is 8.00. The van der Waals surface area contributed by atoms with Crippen LogP contribution in [0.2, 0.25) is 0 Å². The van der Waals surface area contributed by atoms with Crippen molar-refractivity contribution >= 4 is 28.4 Å². The normalized spacial score (nSPS) is 15.3. The van der Waals surface area contributed by atoms with Crippen LogP contribution in [0.25, 0.3) is 22.0 Å². The molecule has 132 valence electrons. The summed E-state index contributed by atoms with van der Waals surface area (Å²) >= 11 is 1.51. The first-order valence-corrected chi connectivity index (χ1v) is 9.88. The maximum absolute atomic E-state index is 12.6. The van der Waals surface area contributed by atoms with Crippen LogP contribution in [0.1, 0.15) is 19.8 Å². The predicted octanol–water partition coefficient (Wildman–Crippen LogP) is 4.40. The summed E-state index contributed by atoms with van der Waals surface area (Å²) < 4.78 is 0. The number of carbonyl (C=O) groups excluding carboxylic acids is 1. The van der Waals surface area contributed by atoms with Crippen LogP contribution in [0.15, 0.2) is 59.6 Å². The van der Waals surface area contributed by atoms with Crippen molar-refractivity contribution in [2.24, 2.45) is 0 Å². The number of benzene rings is 2. The van der Waals surface area contributed by atoms with E-state index in [2.05, 4.69) is 22.3 Å². The summed E-state index contributed by atoms with van der Waals surface area (Å²) in [6, 6.07) is 18.3. The Bertz CT molecular complexity index is 923. The van der Waals surface area contributed by atoms with Crippen LogP contribution in [-0.2, 0) is 4.79 Å². The number of nitrogens with zero attached hydrogens (tertiary/aromatic N) is 3. The van der Waals surface area contributed by atoms with Crippen molar-refractivity contribution in [2.45, 2.75) is 30.0 Å². The summed E-state index contributed by atoms with van der Waals surface area (Å²) in [5.74, 6) is 0.200. The average molecular weight is 363 g/mol. The third-order valence-electron chi connectivity index (χ3n) is 4.75. The highest BCUT2D eigenvalue weighted by Crippen LogP contribution is 2.33. The van der Waals surface area contributed by atoms with Gasteiger partial charge in [-0.25, -0.2) is 0 Å². The molecule has 4 rings (SSSR count). The average Bonchev–Trinajstić information content (AvgIpc) is 3.23. The van der Waals surface area contributed by atoms with Crippen molar-refractivity contribution in [1.29, 1.82) is 0 Å². The van der Waals surface area contributed by atoms with E-state index in [-0.39, 0.29) is 11.2 Å². The van der Waals surface area contributed by atoms with Crippen molar-refractivity contribution in [3.8, 4) is 11.3 Å². The van der Waals surface area contributed by atoms with Gasteiger partial charge in [0.05, 0.1) is 5.25 Å². The lowest BCUT2D eigenvalue weighted by molar-refractivity contribution is -0.129. The number of likely N-dealkylation sites (tertiary alicyclic amines) is 1. The number of carbonyl (C=O) groups is 1. The van der Waals surface area contributed by atoms with Crippen molar-refractivity contribution in [1.82, 2.24) is 15.1 Å². The molecule has 1 atom stereocenters. The number of aromatic nitrogens is 2. The number of hydrogen-bond donors (Lipinski definition) is 0. The zero-order chi connectivity index (χ0) is 17.9. The van der Waals surface area contributed by atoms with Crippen LogP contribution in [0.4, 0.5) is 0 Å². The van der Waals surface area contributed by atoms with Gasteiger partial charge in [-0.15, -0.1) is 10.2 Å². The molecule has 5 heteroatoms. The number of thioether (sulfide) groups is 1. The lowest BCUT2D eigenvalue weighted by Gasteiger charge is -2.20. The van der Waals surface area contributed by atoms with Gasteiger partial charge in [-0.3, -0.25) is 4.79 Å². The second-order valence-electron chi connectivity index (χ2n) is 6.56. The van der Waals surface area contributed by atoms with Crippen LogP contribution >= 0.6 is 11.8 Å². The summed E-state index contributed by atoms with van der Waals surface area (Å²) in [6.07, 6.45) is 2.22. The molecule has 0 N–H and O–H groups in total. The topological polar surface area (TPSA) is 46.1 Å². The van der Waals surface area contributed by atoms with Crippen LogP contribution in [0, 0.1) is 0 Å². The quantitative estimate of drug-likeness (QED) is 0.645. The summed E-state index contributed by atoms with van der Waals surface area (Å²) in [6.45, 7) is 3.72. The number of amides is 1. The molecule has 0 bridgehead atoms. The molecule has 4 nitrogen and oxygen atoms in total. The van der Waals surface area contributed by atoms with Gasteiger partial charge in [-0.1, -0.05) is 66.4 Å². The van der Waals surface area contributed by atoms with Gasteiger partial charge in [0.1, 0.15) is 10.7 Å². The highest BCUT2D eigenvalue weighted by Gasteiger charge is 2.25. The van der Waals surface area contributed by atoms with Gasteiger partial charge in [0, 0.05) is 29.4 Å². The van der Waals surface area contributed by atoms with E-state index in [9.17, 15) is 4.79 Å². The molecule has 0 saturated carbocycles. The van der Waals surface area contributed by atoms with Gasteiger partial charge < -0.3 is 4.90 Å². The minimum atomic E-state index is -0.159. The van der Waals surface area contributed by atoms with Gasteiger partial charge >= 0.3 is 0 Å². The van der Waals surface area contributed by atoms with E-state index in [0.717, 1.165) is 53.0 Å². The molecule has 1 amide bonds. The van der Waals surface area contributed by atoms with Crippen LogP contribution < -0.4 is 0 Å². The Morgan fingerprint density at radius 3 is 2.35 bits per heavy atom. The van der Waals surface area contributed by atoms with Gasteiger partial charge in [0.25, 0.3) is 0 Å². The molecule has 3 aromatic rings. The van der Waals surface area contributed by atoms with Crippen LogP contribution in [0.5, 0.6) is 0 Å². The molecular weight excluding hydrogens is 342 g/mol. The molecule has 0 aliphatic carbocycles. The Hall–Kier alpha value is -2.40. The summed E-state index contributed by atoms with van der Waals surface area (Å²) in [5, 5.41) is 11.7. The maximum atomic E-state index is 12.6. The number of hydrogen-bond acceptors (Lipinski definition) is 4. The Morgan fingerprint density at radius 2 is 1.62 bits per heavy atom. The minimum Gasteiger partial charge on any atom is -0.342 e. The van der Waals surface area contributed by atoms with Crippen molar-refractivity contribution in [3.63, 3.8) is 0 Å². The fourth-order valence-electron chi connectivity index (χ4n) is 3.39. The minimum absolute atomic E-state index is 0.159. The first-order chi connectivity index (χ1) is 12.7. The molecule has 0 unspecified atom stereocenters. The highest BCUT2D eigenvalue weighted by atomic mass is 32.2. The molecule has 0 spiro atoms. The van der Waals surface area contributed by atoms with Crippen molar-refractivity contribution in [2.75, 3.05) is 13.1 Å². The van der Waals surface area contributed by atoms with Crippen molar-refractivity contribution in [3.05, 3.63) is 54.6 Å². The molecule has 1 aliphatic heterocycles. The van der Waals surface area contributed by atoms with Gasteiger partial charge in [0.15, 0.2) is 0 Å². The Labute approximate surface area is 157 Å². The molecular formula is C21H21N3OS. The summed E-state index contributed by atoms with van der Waals surface area (Å²) in [7, 11) is 0. The third kappa shape index (κ3) is 3.31. The molecule has 1 fully saturated rings. The Balaban J connectivity index is 1.67. The monoisotopic (exact) mass is 363 g/mol. The van der Waals surface area contributed by atoms with E-state index in [1.54, 1.807) is 0 Å². The lowest BCUT2D eigenvalue weighted by Crippen LogP contribution is -2.34. The SMILES string of the molecule is C[C@@H](Sc1nnc(-c2ccccc2)c2ccccc12)C(=O)N1CCCC1. The third-order valence-corrected chi connectivity index (χ3v) is 5.83. The molecule has 0 radical (unpaired) electrons. The largest absolute Gasteiger partial charge is 0.342 e. The van der Waals surface area contributed by atoms with E-state index < -0.39 is 0 Å². The van der Waals surface area contributed by atoms with Crippen LogP contribution in [0.3, 0.4) is 0 Å². The first-order valence-electron chi connectivity index (χ1n) is 9.00. The van der Waals surface area contributed by atoms with Gasteiger partial charge in [-0.2, -0.15) is 0 Å². The molecule has 1 saturated heterocycles. The van der Waals surface area contributed by atoms with Gasteiger partial charge in [-0.05, 0) is 19.8 Å². The summed E-state index contributed by atoms with van der Waals surface area (Å²) in [5.41, 5.74) is 1.93. The van der Waals surface area contributed by atoms with E-state index in [0.29, 0.717) is 0 Å². The molecule has 26 heavy (non-hydrogen) atoms. The Kier molecular flexibility index (Phi) is 4.89. The van der Waals surface area contributed by atoms with E-state index in [1.165, 1.54) is 11.8 Å². The standard InChI is InChI=1S/C21H21N3OS/c1-15(21(25)24-13-7-8-14-24)26-20-18-12-6-5-11-17(18)19(22-23-20)16-9-3-2-4-10-16/h2-6,9-12,15H,7-8,13-14H2,1H3/t15-/m1/s1. The fourth-order valence-corrected chi connectivity index (χ4v) is 4.37. The second kappa shape index (κ2) is 7.46. The smallest absolute Gasteiger partial charge is 0.235 e. The fraction of sp³-hybridized carbons (Fsp3) is 0.286. The van der Waals surface area contributed by atoms with E-state index in [1.807, 2.05) is 54.3 Å². The van der Waals surface area contributed by atoms with Gasteiger partial charge in [0.2, 0.25) is 5.91 Å². The maximum Gasteiger partial charge on any atom is 0.235 e. The number of rotatable bonds is 4.